The summed E-state index contributed by atoms with van der Waals surface area (Å²) in [6.07, 6.45) is 0.0743. The van der Waals surface area contributed by atoms with E-state index >= 15 is 0 Å². The highest BCUT2D eigenvalue weighted by Crippen LogP contribution is 2.33. The summed E-state index contributed by atoms with van der Waals surface area (Å²) >= 11 is 7.17. The molecule has 7 nitrogen and oxygen atoms in total. The van der Waals surface area contributed by atoms with Gasteiger partial charge in [-0.15, -0.1) is 11.8 Å². The first kappa shape index (κ1) is 21.9. The minimum Gasteiger partial charge on any atom is -0.452 e. The summed E-state index contributed by atoms with van der Waals surface area (Å²) in [4.78, 5) is 50.1. The zero-order chi connectivity index (χ0) is 21.8. The number of carbonyl (C=O) groups is 4. The topological polar surface area (TPSA) is 92.8 Å². The van der Waals surface area contributed by atoms with E-state index in [1.807, 2.05) is 6.92 Å². The lowest BCUT2D eigenvalue weighted by atomic mass is 10.2. The Morgan fingerprint density at radius 3 is 2.63 bits per heavy atom. The first-order chi connectivity index (χ1) is 14.3. The van der Waals surface area contributed by atoms with Crippen LogP contribution < -0.4 is 5.32 Å². The maximum Gasteiger partial charge on any atom is 0.339 e. The van der Waals surface area contributed by atoms with Crippen LogP contribution in [0.4, 0.5) is 5.69 Å². The van der Waals surface area contributed by atoms with E-state index in [0.717, 1.165) is 22.2 Å². The van der Waals surface area contributed by atoms with Crippen molar-refractivity contribution in [3.8, 4) is 0 Å². The Bertz CT molecular complexity index is 1030. The van der Waals surface area contributed by atoms with Gasteiger partial charge in [0.1, 0.15) is 0 Å². The molecule has 0 spiro atoms. The van der Waals surface area contributed by atoms with E-state index in [1.54, 1.807) is 42.5 Å². The fraction of sp³-hybridized carbons (Fsp3) is 0.238. The van der Waals surface area contributed by atoms with Crippen LogP contribution in [0.2, 0.25) is 5.02 Å². The van der Waals surface area contributed by atoms with Crippen LogP contribution in [0.1, 0.15) is 22.3 Å². The number of imide groups is 1. The van der Waals surface area contributed by atoms with Crippen LogP contribution in [-0.2, 0) is 19.1 Å². The van der Waals surface area contributed by atoms with Crippen LogP contribution >= 0.6 is 23.4 Å². The molecule has 0 radical (unpaired) electrons. The largest absolute Gasteiger partial charge is 0.452 e. The maximum absolute atomic E-state index is 12.5. The van der Waals surface area contributed by atoms with E-state index in [9.17, 15) is 19.2 Å². The Hall–Kier alpha value is -2.84. The fourth-order valence-electron chi connectivity index (χ4n) is 2.78. The van der Waals surface area contributed by atoms with Gasteiger partial charge in [0.15, 0.2) is 6.61 Å². The molecule has 0 aliphatic carbocycles. The maximum atomic E-state index is 12.5. The van der Waals surface area contributed by atoms with Gasteiger partial charge in [-0.1, -0.05) is 29.8 Å². The van der Waals surface area contributed by atoms with Gasteiger partial charge in [-0.3, -0.25) is 19.3 Å². The second-order valence-corrected chi connectivity index (χ2v) is 8.34. The highest BCUT2D eigenvalue weighted by molar-refractivity contribution is 8.00. The number of esters is 1. The van der Waals surface area contributed by atoms with Gasteiger partial charge in [0.25, 0.3) is 5.91 Å². The molecule has 30 heavy (non-hydrogen) atoms. The number of ether oxygens (including phenoxy) is 1. The molecular formula is C21H19ClN2O5S. The fourth-order valence-corrected chi connectivity index (χ4v) is 4.19. The molecule has 1 heterocycles. The zero-order valence-electron chi connectivity index (χ0n) is 16.3. The van der Waals surface area contributed by atoms with Crippen LogP contribution in [0.3, 0.4) is 0 Å². The molecule has 1 fully saturated rings. The summed E-state index contributed by atoms with van der Waals surface area (Å²) in [7, 11) is 1.44. The third-order valence-corrected chi connectivity index (χ3v) is 6.18. The number of nitrogens with zero attached hydrogens (tertiary/aromatic N) is 1. The highest BCUT2D eigenvalue weighted by Gasteiger charge is 2.37. The highest BCUT2D eigenvalue weighted by atomic mass is 35.5. The van der Waals surface area contributed by atoms with E-state index < -0.39 is 23.7 Å². The van der Waals surface area contributed by atoms with Crippen molar-refractivity contribution in [1.82, 2.24) is 4.90 Å². The number of benzene rings is 2. The van der Waals surface area contributed by atoms with Gasteiger partial charge in [-0.05, 0) is 36.8 Å². The molecule has 0 saturated carbocycles. The molecule has 2 aromatic carbocycles. The number of rotatable bonds is 6. The second-order valence-electron chi connectivity index (χ2n) is 6.69. The predicted molar refractivity (Wildman–Crippen MR) is 114 cm³/mol. The quantitative estimate of drug-likeness (QED) is 0.540. The molecule has 1 N–H and O–H groups in total. The number of aryl methyl sites for hydroxylation is 1. The monoisotopic (exact) mass is 446 g/mol. The Morgan fingerprint density at radius 2 is 1.97 bits per heavy atom. The van der Waals surface area contributed by atoms with Gasteiger partial charge in [0.2, 0.25) is 11.8 Å². The molecule has 9 heteroatoms. The molecular weight excluding hydrogens is 428 g/mol. The Labute approximate surface area is 182 Å². The van der Waals surface area contributed by atoms with E-state index in [4.69, 9.17) is 16.3 Å². The minimum atomic E-state index is -0.694. The van der Waals surface area contributed by atoms with Crippen LogP contribution in [-0.4, -0.2) is 47.5 Å². The van der Waals surface area contributed by atoms with Crippen LogP contribution in [0.25, 0.3) is 0 Å². The molecule has 1 saturated heterocycles. The van der Waals surface area contributed by atoms with Gasteiger partial charge in [-0.2, -0.15) is 0 Å². The van der Waals surface area contributed by atoms with Gasteiger partial charge in [0.05, 0.1) is 10.8 Å². The number of thioether (sulfide) groups is 1. The number of likely N-dealkylation sites (tertiary alicyclic amines) is 1. The van der Waals surface area contributed by atoms with Crippen molar-refractivity contribution >= 4 is 52.7 Å². The summed E-state index contributed by atoms with van der Waals surface area (Å²) < 4.78 is 5.13. The van der Waals surface area contributed by atoms with Crippen molar-refractivity contribution in [2.75, 3.05) is 19.0 Å². The smallest absolute Gasteiger partial charge is 0.339 e. The SMILES string of the molecule is Cc1ccc(NC(=O)COC(=O)c2ccccc2SC2CC(=O)N(C)C2=O)cc1Cl. The summed E-state index contributed by atoms with van der Waals surface area (Å²) in [6, 6.07) is 11.7. The standard InChI is InChI=1S/C21H19ClN2O5S/c1-12-7-8-13(9-15(12)22)23-18(25)11-29-21(28)14-5-3-4-6-16(14)30-17-10-19(26)24(2)20(17)27/h3-9,17H,10-11H2,1-2H3,(H,23,25). The van der Waals surface area contributed by atoms with E-state index in [0.29, 0.717) is 15.6 Å². The Kier molecular flexibility index (Phi) is 6.79. The molecule has 0 aromatic heterocycles. The van der Waals surface area contributed by atoms with Crippen LogP contribution in [0.15, 0.2) is 47.4 Å². The molecule has 156 valence electrons. The lowest BCUT2D eigenvalue weighted by Gasteiger charge is -2.12. The van der Waals surface area contributed by atoms with Crippen molar-refractivity contribution in [3.05, 3.63) is 58.6 Å². The lowest BCUT2D eigenvalue weighted by molar-refractivity contribution is -0.136. The van der Waals surface area contributed by atoms with Crippen LogP contribution in [0.5, 0.6) is 0 Å². The minimum absolute atomic E-state index is 0.0743. The van der Waals surface area contributed by atoms with Crippen molar-refractivity contribution in [3.63, 3.8) is 0 Å². The van der Waals surface area contributed by atoms with Gasteiger partial charge >= 0.3 is 5.97 Å². The average molecular weight is 447 g/mol. The summed E-state index contributed by atoms with van der Waals surface area (Å²) in [5.74, 6) is -1.76. The van der Waals surface area contributed by atoms with Crippen molar-refractivity contribution < 1.29 is 23.9 Å². The number of hydrogen-bond acceptors (Lipinski definition) is 6. The van der Waals surface area contributed by atoms with Gasteiger partial charge in [-0.25, -0.2) is 4.79 Å². The Balaban J connectivity index is 1.61. The third-order valence-electron chi connectivity index (χ3n) is 4.51. The number of hydrogen-bond donors (Lipinski definition) is 1. The van der Waals surface area contributed by atoms with E-state index in [2.05, 4.69) is 5.32 Å². The molecule has 0 bridgehead atoms. The van der Waals surface area contributed by atoms with Gasteiger partial charge in [0, 0.05) is 29.1 Å². The molecule has 1 unspecified atom stereocenters. The number of amides is 3. The van der Waals surface area contributed by atoms with Crippen molar-refractivity contribution in [1.29, 1.82) is 0 Å². The molecule has 3 rings (SSSR count). The average Bonchev–Trinajstić information content (AvgIpc) is 2.96. The number of nitrogens with one attached hydrogen (secondary N) is 1. The van der Waals surface area contributed by atoms with Crippen molar-refractivity contribution in [2.45, 2.75) is 23.5 Å². The lowest BCUT2D eigenvalue weighted by Crippen LogP contribution is -2.26. The number of anilines is 1. The molecule has 2 aromatic rings. The van der Waals surface area contributed by atoms with E-state index in [-0.39, 0.29) is 23.8 Å². The van der Waals surface area contributed by atoms with Crippen LogP contribution in [0, 0.1) is 6.92 Å². The van der Waals surface area contributed by atoms with Crippen molar-refractivity contribution in [2.24, 2.45) is 0 Å². The molecule has 1 aliphatic rings. The first-order valence-corrected chi connectivity index (χ1v) is 10.3. The summed E-state index contributed by atoms with van der Waals surface area (Å²) in [6.45, 7) is 1.37. The predicted octanol–water partition coefficient (Wildman–Crippen LogP) is 3.29. The third kappa shape index (κ3) is 5.01. The molecule has 1 aliphatic heterocycles. The molecule has 1 atom stereocenters. The summed E-state index contributed by atoms with van der Waals surface area (Å²) in [5.41, 5.74) is 1.60. The van der Waals surface area contributed by atoms with E-state index in [1.165, 1.54) is 7.05 Å². The zero-order valence-corrected chi connectivity index (χ0v) is 17.9. The second kappa shape index (κ2) is 9.32. The number of halogens is 1. The molecule has 3 amide bonds. The summed E-state index contributed by atoms with van der Waals surface area (Å²) in [5, 5.41) is 2.54. The Morgan fingerprint density at radius 1 is 1.23 bits per heavy atom. The van der Waals surface area contributed by atoms with Gasteiger partial charge < -0.3 is 10.1 Å². The normalized spacial score (nSPS) is 16.0. The first-order valence-electron chi connectivity index (χ1n) is 9.05. The number of carbonyl (C=O) groups excluding carboxylic acids is 4.